The maximum Gasteiger partial charge on any atom is 0.251 e. The van der Waals surface area contributed by atoms with Gasteiger partial charge in [-0.3, -0.25) is 4.79 Å². The highest BCUT2D eigenvalue weighted by atomic mass is 16.1. The number of hydrogen-bond donors (Lipinski definition) is 1. The SMILES string of the molecule is Cc1c[nH]c(=O)c2c1CC[C@@H]2C. The van der Waals surface area contributed by atoms with E-state index in [0.29, 0.717) is 5.92 Å². The predicted octanol–water partition coefficient (Wildman–Crippen LogP) is 1.73. The lowest BCUT2D eigenvalue weighted by molar-refractivity contribution is 0.741. The highest BCUT2D eigenvalue weighted by Gasteiger charge is 2.22. The van der Waals surface area contributed by atoms with Crippen molar-refractivity contribution >= 4 is 0 Å². The van der Waals surface area contributed by atoms with E-state index in [1.165, 1.54) is 11.1 Å². The van der Waals surface area contributed by atoms with Crippen LogP contribution in [0.2, 0.25) is 0 Å². The molecule has 0 saturated carbocycles. The third kappa shape index (κ3) is 0.909. The minimum Gasteiger partial charge on any atom is -0.329 e. The molecule has 1 atom stereocenters. The van der Waals surface area contributed by atoms with Gasteiger partial charge in [0.25, 0.3) is 5.56 Å². The van der Waals surface area contributed by atoms with Crippen molar-refractivity contribution in [2.45, 2.75) is 32.6 Å². The van der Waals surface area contributed by atoms with Gasteiger partial charge in [0, 0.05) is 11.8 Å². The fourth-order valence-corrected chi connectivity index (χ4v) is 2.05. The fraction of sp³-hybridized carbons (Fsp3) is 0.500. The quantitative estimate of drug-likeness (QED) is 0.620. The van der Waals surface area contributed by atoms with Gasteiger partial charge in [0.15, 0.2) is 0 Å². The van der Waals surface area contributed by atoms with Gasteiger partial charge < -0.3 is 4.98 Å². The lowest BCUT2D eigenvalue weighted by Gasteiger charge is -2.03. The summed E-state index contributed by atoms with van der Waals surface area (Å²) in [4.78, 5) is 14.2. The molecule has 1 aliphatic rings. The van der Waals surface area contributed by atoms with E-state index in [1.807, 2.05) is 6.20 Å². The zero-order valence-electron chi connectivity index (χ0n) is 7.48. The topological polar surface area (TPSA) is 32.9 Å². The van der Waals surface area contributed by atoms with Crippen LogP contribution in [0.25, 0.3) is 0 Å². The highest BCUT2D eigenvalue weighted by Crippen LogP contribution is 2.30. The van der Waals surface area contributed by atoms with Gasteiger partial charge in [-0.15, -0.1) is 0 Å². The van der Waals surface area contributed by atoms with Crippen LogP contribution in [0.4, 0.5) is 0 Å². The van der Waals surface area contributed by atoms with Crippen LogP contribution in [0.3, 0.4) is 0 Å². The van der Waals surface area contributed by atoms with Crippen LogP contribution < -0.4 is 5.56 Å². The normalized spacial score (nSPS) is 21.0. The van der Waals surface area contributed by atoms with Crippen LogP contribution in [0, 0.1) is 6.92 Å². The van der Waals surface area contributed by atoms with Crippen molar-refractivity contribution in [3.8, 4) is 0 Å². The molecular weight excluding hydrogens is 150 g/mol. The van der Waals surface area contributed by atoms with Crippen molar-refractivity contribution in [3.63, 3.8) is 0 Å². The first-order valence-corrected chi connectivity index (χ1v) is 4.41. The van der Waals surface area contributed by atoms with E-state index in [0.717, 1.165) is 18.4 Å². The Hall–Kier alpha value is -1.05. The predicted molar refractivity (Wildman–Crippen MR) is 48.5 cm³/mol. The van der Waals surface area contributed by atoms with Gasteiger partial charge in [0.05, 0.1) is 0 Å². The van der Waals surface area contributed by atoms with Gasteiger partial charge in [-0.05, 0) is 36.8 Å². The maximum absolute atomic E-state index is 11.4. The van der Waals surface area contributed by atoms with E-state index in [-0.39, 0.29) is 5.56 Å². The molecular formula is C10H13NO. The summed E-state index contributed by atoms with van der Waals surface area (Å²) in [6.45, 7) is 4.19. The van der Waals surface area contributed by atoms with Crippen molar-refractivity contribution in [3.05, 3.63) is 33.2 Å². The Kier molecular flexibility index (Phi) is 1.56. The van der Waals surface area contributed by atoms with Gasteiger partial charge in [-0.1, -0.05) is 6.92 Å². The van der Waals surface area contributed by atoms with E-state index in [1.54, 1.807) is 0 Å². The zero-order valence-corrected chi connectivity index (χ0v) is 7.48. The van der Waals surface area contributed by atoms with Crippen LogP contribution in [0.5, 0.6) is 0 Å². The Balaban J connectivity index is 2.73. The molecule has 1 aromatic heterocycles. The Morgan fingerprint density at radius 3 is 3.00 bits per heavy atom. The number of hydrogen-bond acceptors (Lipinski definition) is 1. The zero-order chi connectivity index (χ0) is 8.72. The number of aromatic amines is 1. The van der Waals surface area contributed by atoms with Gasteiger partial charge in [0.1, 0.15) is 0 Å². The Labute approximate surface area is 71.6 Å². The first-order valence-electron chi connectivity index (χ1n) is 4.41. The molecule has 0 aliphatic heterocycles. The monoisotopic (exact) mass is 163 g/mol. The lowest BCUT2D eigenvalue weighted by atomic mass is 10.0. The molecule has 1 aliphatic carbocycles. The summed E-state index contributed by atoms with van der Waals surface area (Å²) in [6.07, 6.45) is 4.02. The summed E-state index contributed by atoms with van der Waals surface area (Å²) in [6, 6.07) is 0. The van der Waals surface area contributed by atoms with Crippen LogP contribution in [0.1, 0.15) is 36.0 Å². The second-order valence-corrected chi connectivity index (χ2v) is 3.63. The smallest absolute Gasteiger partial charge is 0.251 e. The molecule has 0 unspecified atom stereocenters. The largest absolute Gasteiger partial charge is 0.329 e. The molecule has 12 heavy (non-hydrogen) atoms. The van der Waals surface area contributed by atoms with Gasteiger partial charge in [0.2, 0.25) is 0 Å². The van der Waals surface area contributed by atoms with Crippen LogP contribution >= 0.6 is 0 Å². The first kappa shape index (κ1) is 7.59. The molecule has 0 saturated heterocycles. The minimum absolute atomic E-state index is 0.112. The van der Waals surface area contributed by atoms with Gasteiger partial charge in [-0.25, -0.2) is 0 Å². The molecule has 64 valence electrons. The molecule has 0 fully saturated rings. The molecule has 0 bridgehead atoms. The summed E-state index contributed by atoms with van der Waals surface area (Å²) >= 11 is 0. The summed E-state index contributed by atoms with van der Waals surface area (Å²) in [7, 11) is 0. The van der Waals surface area contributed by atoms with Gasteiger partial charge >= 0.3 is 0 Å². The molecule has 1 heterocycles. The average Bonchev–Trinajstić information content (AvgIpc) is 2.42. The van der Waals surface area contributed by atoms with E-state index in [4.69, 9.17) is 0 Å². The second kappa shape index (κ2) is 2.47. The van der Waals surface area contributed by atoms with E-state index in [2.05, 4.69) is 18.8 Å². The molecule has 2 nitrogen and oxygen atoms in total. The van der Waals surface area contributed by atoms with E-state index < -0.39 is 0 Å². The first-order chi connectivity index (χ1) is 5.70. The van der Waals surface area contributed by atoms with E-state index in [9.17, 15) is 4.79 Å². The number of nitrogens with one attached hydrogen (secondary N) is 1. The van der Waals surface area contributed by atoms with Crippen molar-refractivity contribution in [1.82, 2.24) is 4.98 Å². The summed E-state index contributed by atoms with van der Waals surface area (Å²) < 4.78 is 0. The van der Waals surface area contributed by atoms with Gasteiger partial charge in [-0.2, -0.15) is 0 Å². The average molecular weight is 163 g/mol. The van der Waals surface area contributed by atoms with Crippen molar-refractivity contribution < 1.29 is 0 Å². The molecule has 0 amide bonds. The molecule has 1 aromatic rings. The standard InChI is InChI=1S/C10H13NO/c1-6-3-4-8-7(2)5-11-10(12)9(6)8/h5-6H,3-4H2,1-2H3,(H,11,12)/t6-/m0/s1. The highest BCUT2D eigenvalue weighted by molar-refractivity contribution is 5.37. The molecule has 2 heteroatoms. The summed E-state index contributed by atoms with van der Waals surface area (Å²) in [5.74, 6) is 0.448. The third-order valence-electron chi connectivity index (χ3n) is 2.79. The summed E-state index contributed by atoms with van der Waals surface area (Å²) in [5.41, 5.74) is 3.65. The van der Waals surface area contributed by atoms with Crippen molar-refractivity contribution in [1.29, 1.82) is 0 Å². The number of H-pyrrole nitrogens is 1. The third-order valence-corrected chi connectivity index (χ3v) is 2.79. The summed E-state index contributed by atoms with van der Waals surface area (Å²) in [5, 5.41) is 0. The van der Waals surface area contributed by atoms with Crippen LogP contribution in [-0.4, -0.2) is 4.98 Å². The Morgan fingerprint density at radius 2 is 2.33 bits per heavy atom. The number of rotatable bonds is 0. The van der Waals surface area contributed by atoms with E-state index >= 15 is 0 Å². The molecule has 1 N–H and O–H groups in total. The van der Waals surface area contributed by atoms with Crippen molar-refractivity contribution in [2.75, 3.05) is 0 Å². The lowest BCUT2D eigenvalue weighted by Crippen LogP contribution is -2.13. The molecule has 0 radical (unpaired) electrons. The molecule has 0 spiro atoms. The second-order valence-electron chi connectivity index (χ2n) is 3.63. The van der Waals surface area contributed by atoms with Crippen molar-refractivity contribution in [2.24, 2.45) is 0 Å². The number of aryl methyl sites for hydroxylation is 1. The molecule has 2 rings (SSSR count). The Bertz CT molecular complexity index is 365. The minimum atomic E-state index is 0.112. The van der Waals surface area contributed by atoms with Crippen LogP contribution in [0.15, 0.2) is 11.0 Å². The maximum atomic E-state index is 11.4. The fourth-order valence-electron chi connectivity index (χ4n) is 2.05. The number of pyridine rings is 1. The Morgan fingerprint density at radius 1 is 1.58 bits per heavy atom. The number of aromatic nitrogens is 1. The number of fused-ring (bicyclic) bond motifs is 1. The van der Waals surface area contributed by atoms with Crippen LogP contribution in [-0.2, 0) is 6.42 Å². The molecule has 0 aromatic carbocycles.